The van der Waals surface area contributed by atoms with E-state index in [4.69, 9.17) is 16.3 Å². The molecule has 0 saturated carbocycles. The summed E-state index contributed by atoms with van der Waals surface area (Å²) in [7, 11) is 1.57. The van der Waals surface area contributed by atoms with E-state index in [1.165, 1.54) is 12.1 Å². The molecule has 0 fully saturated rings. The SMILES string of the molecule is COC(C)CNC(=O)c1ccc(Cl)cc1O. The molecule has 0 bridgehead atoms. The highest BCUT2D eigenvalue weighted by molar-refractivity contribution is 6.30. The number of hydrogen-bond acceptors (Lipinski definition) is 3. The van der Waals surface area contributed by atoms with Crippen LogP contribution in [0.15, 0.2) is 18.2 Å². The van der Waals surface area contributed by atoms with Gasteiger partial charge in [-0.2, -0.15) is 0 Å². The first-order chi connectivity index (χ1) is 7.54. The second kappa shape index (κ2) is 5.72. The molecule has 88 valence electrons. The molecule has 16 heavy (non-hydrogen) atoms. The van der Waals surface area contributed by atoms with Gasteiger partial charge in [0.1, 0.15) is 5.75 Å². The number of ether oxygens (including phenoxy) is 1. The summed E-state index contributed by atoms with van der Waals surface area (Å²) in [6, 6.07) is 4.36. The summed E-state index contributed by atoms with van der Waals surface area (Å²) < 4.78 is 4.99. The number of carbonyl (C=O) groups excluding carboxylic acids is 1. The summed E-state index contributed by atoms with van der Waals surface area (Å²) in [6.45, 7) is 2.22. The lowest BCUT2D eigenvalue weighted by atomic mass is 10.2. The first kappa shape index (κ1) is 12.8. The van der Waals surface area contributed by atoms with Crippen LogP contribution >= 0.6 is 11.6 Å². The summed E-state index contributed by atoms with van der Waals surface area (Å²) >= 11 is 5.66. The van der Waals surface area contributed by atoms with Crippen molar-refractivity contribution < 1.29 is 14.6 Å². The minimum Gasteiger partial charge on any atom is -0.507 e. The fourth-order valence-electron chi connectivity index (χ4n) is 1.11. The number of hydrogen-bond donors (Lipinski definition) is 2. The molecular weight excluding hydrogens is 230 g/mol. The van der Waals surface area contributed by atoms with Crippen LogP contribution in [0.4, 0.5) is 0 Å². The maximum Gasteiger partial charge on any atom is 0.255 e. The van der Waals surface area contributed by atoms with E-state index in [0.29, 0.717) is 11.6 Å². The summed E-state index contributed by atoms with van der Waals surface area (Å²) in [5.41, 5.74) is 0.202. The van der Waals surface area contributed by atoms with Crippen LogP contribution in [0.3, 0.4) is 0 Å². The van der Waals surface area contributed by atoms with Crippen molar-refractivity contribution in [1.29, 1.82) is 0 Å². The topological polar surface area (TPSA) is 58.6 Å². The monoisotopic (exact) mass is 243 g/mol. The lowest BCUT2D eigenvalue weighted by Gasteiger charge is -2.11. The van der Waals surface area contributed by atoms with Crippen LogP contribution < -0.4 is 5.32 Å². The molecule has 0 aromatic heterocycles. The minimum atomic E-state index is -0.349. The van der Waals surface area contributed by atoms with E-state index in [1.807, 2.05) is 6.92 Å². The van der Waals surface area contributed by atoms with Crippen LogP contribution in [-0.4, -0.2) is 30.8 Å². The van der Waals surface area contributed by atoms with E-state index in [2.05, 4.69) is 5.32 Å². The van der Waals surface area contributed by atoms with Gasteiger partial charge in [-0.15, -0.1) is 0 Å². The number of nitrogens with one attached hydrogen (secondary N) is 1. The van der Waals surface area contributed by atoms with E-state index in [1.54, 1.807) is 13.2 Å². The Hall–Kier alpha value is -1.26. The Morgan fingerprint density at radius 3 is 2.88 bits per heavy atom. The number of benzene rings is 1. The summed E-state index contributed by atoms with van der Waals surface area (Å²) in [6.07, 6.45) is -0.0709. The van der Waals surface area contributed by atoms with Gasteiger partial charge in [0.2, 0.25) is 0 Å². The number of aromatic hydroxyl groups is 1. The average molecular weight is 244 g/mol. The van der Waals surface area contributed by atoms with Crippen molar-refractivity contribution in [3.8, 4) is 5.75 Å². The lowest BCUT2D eigenvalue weighted by Crippen LogP contribution is -2.31. The molecule has 5 heteroatoms. The van der Waals surface area contributed by atoms with Gasteiger partial charge in [0.15, 0.2) is 0 Å². The third-order valence-corrected chi connectivity index (χ3v) is 2.39. The minimum absolute atomic E-state index is 0.0709. The molecular formula is C11H14ClNO3. The van der Waals surface area contributed by atoms with E-state index in [9.17, 15) is 9.90 Å². The van der Waals surface area contributed by atoms with Crippen LogP contribution in [0, 0.1) is 0 Å². The Morgan fingerprint density at radius 1 is 1.62 bits per heavy atom. The second-order valence-electron chi connectivity index (χ2n) is 3.42. The molecule has 4 nitrogen and oxygen atoms in total. The van der Waals surface area contributed by atoms with E-state index in [-0.39, 0.29) is 23.3 Å². The Bertz CT molecular complexity index is 381. The number of halogens is 1. The van der Waals surface area contributed by atoms with E-state index < -0.39 is 0 Å². The van der Waals surface area contributed by atoms with Gasteiger partial charge in [-0.1, -0.05) is 11.6 Å². The van der Waals surface area contributed by atoms with Crippen LogP contribution in [0.5, 0.6) is 5.75 Å². The van der Waals surface area contributed by atoms with Crippen molar-refractivity contribution in [3.63, 3.8) is 0 Å². The smallest absolute Gasteiger partial charge is 0.255 e. The molecule has 1 amide bonds. The number of carbonyl (C=O) groups is 1. The number of amides is 1. The third-order valence-electron chi connectivity index (χ3n) is 2.16. The molecule has 1 unspecified atom stereocenters. The van der Waals surface area contributed by atoms with Gasteiger partial charge in [0.05, 0.1) is 11.7 Å². The highest BCUT2D eigenvalue weighted by Crippen LogP contribution is 2.21. The van der Waals surface area contributed by atoms with Crippen LogP contribution in [0.25, 0.3) is 0 Å². The van der Waals surface area contributed by atoms with E-state index in [0.717, 1.165) is 0 Å². The highest BCUT2D eigenvalue weighted by Gasteiger charge is 2.11. The summed E-state index contributed by atoms with van der Waals surface area (Å²) in [4.78, 5) is 11.6. The zero-order valence-corrected chi connectivity index (χ0v) is 9.91. The molecule has 0 radical (unpaired) electrons. The first-order valence-electron chi connectivity index (χ1n) is 4.84. The zero-order chi connectivity index (χ0) is 12.1. The maximum atomic E-state index is 11.6. The van der Waals surface area contributed by atoms with Crippen molar-refractivity contribution >= 4 is 17.5 Å². The molecule has 0 saturated heterocycles. The molecule has 2 N–H and O–H groups in total. The van der Waals surface area contributed by atoms with Gasteiger partial charge in [-0.3, -0.25) is 4.79 Å². The fraction of sp³-hybridized carbons (Fsp3) is 0.364. The number of phenolic OH excluding ortho intramolecular Hbond substituents is 1. The normalized spacial score (nSPS) is 12.2. The summed E-state index contributed by atoms with van der Waals surface area (Å²) in [5.74, 6) is -0.479. The first-order valence-corrected chi connectivity index (χ1v) is 5.22. The second-order valence-corrected chi connectivity index (χ2v) is 3.85. The van der Waals surface area contributed by atoms with Gasteiger partial charge in [-0.25, -0.2) is 0 Å². The van der Waals surface area contributed by atoms with Crippen LogP contribution in [-0.2, 0) is 4.74 Å². The zero-order valence-electron chi connectivity index (χ0n) is 9.16. The van der Waals surface area contributed by atoms with Crippen molar-refractivity contribution in [1.82, 2.24) is 5.32 Å². The lowest BCUT2D eigenvalue weighted by molar-refractivity contribution is 0.0868. The van der Waals surface area contributed by atoms with Crippen molar-refractivity contribution in [2.45, 2.75) is 13.0 Å². The molecule has 0 spiro atoms. The fourth-order valence-corrected chi connectivity index (χ4v) is 1.28. The van der Waals surface area contributed by atoms with Gasteiger partial charge < -0.3 is 15.2 Å². The molecule has 1 rings (SSSR count). The number of rotatable bonds is 4. The molecule has 0 heterocycles. The average Bonchev–Trinajstić information content (AvgIpc) is 2.25. The largest absolute Gasteiger partial charge is 0.507 e. The molecule has 0 aliphatic rings. The number of methoxy groups -OCH3 is 1. The van der Waals surface area contributed by atoms with Crippen molar-refractivity contribution in [2.75, 3.05) is 13.7 Å². The predicted octanol–water partition coefficient (Wildman–Crippen LogP) is 1.81. The van der Waals surface area contributed by atoms with Crippen LogP contribution in [0.1, 0.15) is 17.3 Å². The standard InChI is InChI=1S/C11H14ClNO3/c1-7(16-2)6-13-11(15)9-4-3-8(12)5-10(9)14/h3-5,7,14H,6H2,1-2H3,(H,13,15). The molecule has 0 aliphatic carbocycles. The predicted molar refractivity (Wildman–Crippen MR) is 61.9 cm³/mol. The molecule has 0 aliphatic heterocycles. The Morgan fingerprint density at radius 2 is 2.31 bits per heavy atom. The van der Waals surface area contributed by atoms with Gasteiger partial charge in [0.25, 0.3) is 5.91 Å². The summed E-state index contributed by atoms with van der Waals surface area (Å²) in [5, 5.41) is 12.5. The van der Waals surface area contributed by atoms with Gasteiger partial charge in [-0.05, 0) is 25.1 Å². The van der Waals surface area contributed by atoms with Gasteiger partial charge in [0, 0.05) is 18.7 Å². The quantitative estimate of drug-likeness (QED) is 0.848. The highest BCUT2D eigenvalue weighted by atomic mass is 35.5. The number of phenols is 1. The Labute approximate surface area is 99.2 Å². The molecule has 1 aromatic rings. The Kier molecular flexibility index (Phi) is 4.58. The van der Waals surface area contributed by atoms with Crippen LogP contribution in [0.2, 0.25) is 5.02 Å². The Balaban J connectivity index is 2.66. The van der Waals surface area contributed by atoms with E-state index >= 15 is 0 Å². The maximum absolute atomic E-state index is 11.6. The molecule has 1 aromatic carbocycles. The molecule has 1 atom stereocenters. The third kappa shape index (κ3) is 3.40. The van der Waals surface area contributed by atoms with Gasteiger partial charge >= 0.3 is 0 Å². The van der Waals surface area contributed by atoms with Crippen molar-refractivity contribution in [3.05, 3.63) is 28.8 Å². The van der Waals surface area contributed by atoms with Crippen molar-refractivity contribution in [2.24, 2.45) is 0 Å².